The third-order valence-corrected chi connectivity index (χ3v) is 3.20. The molecule has 0 atom stereocenters. The highest BCUT2D eigenvalue weighted by Gasteiger charge is 2.23. The van der Waals surface area contributed by atoms with Gasteiger partial charge in [-0.3, -0.25) is 9.59 Å². The van der Waals surface area contributed by atoms with Crippen molar-refractivity contribution in [3.8, 4) is 6.07 Å². The van der Waals surface area contributed by atoms with Gasteiger partial charge in [0.15, 0.2) is 0 Å². The quantitative estimate of drug-likeness (QED) is 0.797. The Balaban J connectivity index is 2.26. The second kappa shape index (κ2) is 7.70. The van der Waals surface area contributed by atoms with E-state index >= 15 is 0 Å². The first kappa shape index (κ1) is 14.5. The van der Waals surface area contributed by atoms with Crippen LogP contribution in [0.2, 0.25) is 0 Å². The Labute approximate surface area is 108 Å². The van der Waals surface area contributed by atoms with Crippen molar-refractivity contribution in [1.29, 1.82) is 5.26 Å². The summed E-state index contributed by atoms with van der Waals surface area (Å²) in [6.45, 7) is 3.49. The van der Waals surface area contributed by atoms with Gasteiger partial charge in [0.1, 0.15) is 6.42 Å². The van der Waals surface area contributed by atoms with Gasteiger partial charge in [0.05, 0.1) is 6.07 Å². The lowest BCUT2D eigenvalue weighted by molar-refractivity contribution is -0.132. The topological polar surface area (TPSA) is 73.2 Å². The number of likely N-dealkylation sites (tertiary alicyclic amines) is 1. The molecule has 0 bridgehead atoms. The minimum atomic E-state index is -0.215. The van der Waals surface area contributed by atoms with Crippen molar-refractivity contribution in [2.24, 2.45) is 0 Å². The summed E-state index contributed by atoms with van der Waals surface area (Å²) in [5.41, 5.74) is 0. The molecule has 1 heterocycles. The van der Waals surface area contributed by atoms with E-state index in [0.717, 1.165) is 25.7 Å². The van der Waals surface area contributed by atoms with Crippen LogP contribution in [0.15, 0.2) is 0 Å². The van der Waals surface area contributed by atoms with Crippen LogP contribution in [0.4, 0.5) is 0 Å². The Hall–Kier alpha value is -1.57. The SMILES string of the molecule is CCCCC(=O)N1CCC(NC(=O)CC#N)CC1. The van der Waals surface area contributed by atoms with Gasteiger partial charge >= 0.3 is 0 Å². The predicted molar refractivity (Wildman–Crippen MR) is 67.5 cm³/mol. The number of piperidine rings is 1. The standard InChI is InChI=1S/C13H21N3O2/c1-2-3-4-13(18)16-9-6-11(7-10-16)15-12(17)5-8-14/h11H,2-7,9-10H2,1H3,(H,15,17). The Morgan fingerprint density at radius 2 is 2.06 bits per heavy atom. The molecule has 1 N–H and O–H groups in total. The summed E-state index contributed by atoms with van der Waals surface area (Å²) in [6, 6.07) is 1.94. The van der Waals surface area contributed by atoms with Crippen LogP contribution in [-0.2, 0) is 9.59 Å². The Bertz CT molecular complexity index is 328. The average Bonchev–Trinajstić information content (AvgIpc) is 2.37. The van der Waals surface area contributed by atoms with Crippen molar-refractivity contribution in [3.05, 3.63) is 0 Å². The Morgan fingerprint density at radius 1 is 1.39 bits per heavy atom. The van der Waals surface area contributed by atoms with Crippen LogP contribution in [0.5, 0.6) is 0 Å². The van der Waals surface area contributed by atoms with Crippen molar-refractivity contribution >= 4 is 11.8 Å². The maximum atomic E-state index is 11.8. The molecule has 1 rings (SSSR count). The minimum absolute atomic E-state index is 0.0877. The number of amides is 2. The number of carbonyl (C=O) groups excluding carboxylic acids is 2. The molecule has 100 valence electrons. The second-order valence-corrected chi connectivity index (χ2v) is 4.66. The fraction of sp³-hybridized carbons (Fsp3) is 0.769. The van der Waals surface area contributed by atoms with Crippen LogP contribution in [-0.4, -0.2) is 35.8 Å². The first-order valence-corrected chi connectivity index (χ1v) is 6.61. The predicted octanol–water partition coefficient (Wildman–Crippen LogP) is 1.20. The number of nitrogens with one attached hydrogen (secondary N) is 1. The lowest BCUT2D eigenvalue weighted by Gasteiger charge is -2.32. The zero-order chi connectivity index (χ0) is 13.4. The molecule has 0 radical (unpaired) electrons. The van der Waals surface area contributed by atoms with Crippen molar-refractivity contribution in [2.45, 2.75) is 51.5 Å². The van der Waals surface area contributed by atoms with Gasteiger partial charge in [-0.15, -0.1) is 0 Å². The molecule has 0 aromatic carbocycles. The number of nitrogens with zero attached hydrogens (tertiary/aromatic N) is 2. The second-order valence-electron chi connectivity index (χ2n) is 4.66. The molecule has 0 aliphatic carbocycles. The van der Waals surface area contributed by atoms with E-state index in [1.165, 1.54) is 0 Å². The minimum Gasteiger partial charge on any atom is -0.352 e. The van der Waals surface area contributed by atoms with Crippen LogP contribution in [0.25, 0.3) is 0 Å². The lowest BCUT2D eigenvalue weighted by atomic mass is 10.0. The highest BCUT2D eigenvalue weighted by atomic mass is 16.2. The zero-order valence-electron chi connectivity index (χ0n) is 10.9. The van der Waals surface area contributed by atoms with Crippen molar-refractivity contribution in [2.75, 3.05) is 13.1 Å². The van der Waals surface area contributed by atoms with Crippen molar-refractivity contribution in [3.63, 3.8) is 0 Å². The number of unbranched alkanes of at least 4 members (excludes halogenated alkanes) is 1. The van der Waals surface area contributed by atoms with Gasteiger partial charge in [0.2, 0.25) is 11.8 Å². The summed E-state index contributed by atoms with van der Waals surface area (Å²) in [4.78, 5) is 24.9. The Kier molecular flexibility index (Phi) is 6.20. The third-order valence-electron chi connectivity index (χ3n) is 3.20. The molecule has 5 heteroatoms. The molecule has 0 spiro atoms. The zero-order valence-corrected chi connectivity index (χ0v) is 10.9. The molecule has 0 unspecified atom stereocenters. The van der Waals surface area contributed by atoms with E-state index < -0.39 is 0 Å². The van der Waals surface area contributed by atoms with Crippen molar-refractivity contribution in [1.82, 2.24) is 10.2 Å². The van der Waals surface area contributed by atoms with Crippen LogP contribution in [0.1, 0.15) is 45.4 Å². The molecule has 1 aliphatic heterocycles. The number of carbonyl (C=O) groups is 2. The molecule has 1 fully saturated rings. The van der Waals surface area contributed by atoms with E-state index in [9.17, 15) is 9.59 Å². The summed E-state index contributed by atoms with van der Waals surface area (Å²) in [5.74, 6) is 0.00640. The van der Waals surface area contributed by atoms with Gasteiger partial charge in [0.25, 0.3) is 0 Å². The molecule has 18 heavy (non-hydrogen) atoms. The number of hydrogen-bond donors (Lipinski definition) is 1. The fourth-order valence-corrected chi connectivity index (χ4v) is 2.11. The first-order valence-electron chi connectivity index (χ1n) is 6.61. The molecule has 1 saturated heterocycles. The van der Waals surface area contributed by atoms with E-state index in [2.05, 4.69) is 12.2 Å². The summed E-state index contributed by atoms with van der Waals surface area (Å²) in [7, 11) is 0. The molecular weight excluding hydrogens is 230 g/mol. The monoisotopic (exact) mass is 251 g/mol. The molecule has 0 aromatic heterocycles. The highest BCUT2D eigenvalue weighted by molar-refractivity contribution is 5.78. The summed E-state index contributed by atoms with van der Waals surface area (Å²) < 4.78 is 0. The first-order chi connectivity index (χ1) is 8.67. The van der Waals surface area contributed by atoms with Gasteiger partial charge in [-0.1, -0.05) is 13.3 Å². The van der Waals surface area contributed by atoms with E-state index in [1.54, 1.807) is 0 Å². The number of nitriles is 1. The van der Waals surface area contributed by atoms with Gasteiger partial charge < -0.3 is 10.2 Å². The fourth-order valence-electron chi connectivity index (χ4n) is 2.11. The highest BCUT2D eigenvalue weighted by Crippen LogP contribution is 2.12. The van der Waals surface area contributed by atoms with Crippen LogP contribution in [0, 0.1) is 11.3 Å². The summed E-state index contributed by atoms with van der Waals surface area (Å²) >= 11 is 0. The number of rotatable bonds is 5. The molecule has 0 aromatic rings. The molecule has 1 aliphatic rings. The summed E-state index contributed by atoms with van der Waals surface area (Å²) in [5, 5.41) is 11.2. The summed E-state index contributed by atoms with van der Waals surface area (Å²) in [6.07, 6.45) is 4.09. The Morgan fingerprint density at radius 3 is 2.61 bits per heavy atom. The normalized spacial score (nSPS) is 16.1. The van der Waals surface area contributed by atoms with E-state index in [4.69, 9.17) is 5.26 Å². The van der Waals surface area contributed by atoms with Gasteiger partial charge in [0, 0.05) is 25.6 Å². The average molecular weight is 251 g/mol. The molecule has 2 amide bonds. The van der Waals surface area contributed by atoms with Crippen LogP contribution in [0.3, 0.4) is 0 Å². The number of hydrogen-bond acceptors (Lipinski definition) is 3. The van der Waals surface area contributed by atoms with E-state index in [1.807, 2.05) is 11.0 Å². The van der Waals surface area contributed by atoms with Crippen molar-refractivity contribution < 1.29 is 9.59 Å². The van der Waals surface area contributed by atoms with Gasteiger partial charge in [-0.2, -0.15) is 5.26 Å². The molecule has 0 saturated carbocycles. The van der Waals surface area contributed by atoms with Gasteiger partial charge in [-0.25, -0.2) is 0 Å². The van der Waals surface area contributed by atoms with E-state index in [-0.39, 0.29) is 24.3 Å². The maximum Gasteiger partial charge on any atom is 0.234 e. The van der Waals surface area contributed by atoms with Crippen LogP contribution < -0.4 is 5.32 Å². The molecule has 5 nitrogen and oxygen atoms in total. The van der Waals surface area contributed by atoms with E-state index in [0.29, 0.717) is 19.5 Å². The van der Waals surface area contributed by atoms with Crippen LogP contribution >= 0.6 is 0 Å². The lowest BCUT2D eigenvalue weighted by Crippen LogP contribution is -2.46. The smallest absolute Gasteiger partial charge is 0.234 e. The van der Waals surface area contributed by atoms with Gasteiger partial charge in [-0.05, 0) is 19.3 Å². The maximum absolute atomic E-state index is 11.8. The molecular formula is C13H21N3O2. The third kappa shape index (κ3) is 4.74. The largest absolute Gasteiger partial charge is 0.352 e.